The Bertz CT molecular complexity index is 377. The number of aryl methyl sites for hydroxylation is 1. The lowest BCUT2D eigenvalue weighted by Crippen LogP contribution is -2.33. The molecule has 0 bridgehead atoms. The third kappa shape index (κ3) is 4.77. The fourth-order valence-corrected chi connectivity index (χ4v) is 5.55. The van der Waals surface area contributed by atoms with Crippen molar-refractivity contribution in [3.05, 3.63) is 35.4 Å². The standard InChI is InChI=1S/C17H28OSi/c1-4-14-8-10-15(11-9-14)13-17(2,3)19-16-7-5-6-12-18-16/h8-11,16H,4-7,12-13,19H2,1-3H3. The summed E-state index contributed by atoms with van der Waals surface area (Å²) < 4.78 is 5.95. The van der Waals surface area contributed by atoms with Crippen LogP contribution >= 0.6 is 0 Å². The fraction of sp³-hybridized carbons (Fsp3) is 0.647. The molecule has 2 rings (SSSR count). The summed E-state index contributed by atoms with van der Waals surface area (Å²) in [7, 11) is -0.187. The Morgan fingerprint density at radius 1 is 1.16 bits per heavy atom. The minimum Gasteiger partial charge on any atom is -0.382 e. The van der Waals surface area contributed by atoms with E-state index < -0.39 is 0 Å². The van der Waals surface area contributed by atoms with Gasteiger partial charge in [0.15, 0.2) is 0 Å². The van der Waals surface area contributed by atoms with Gasteiger partial charge in [-0.05, 0) is 48.3 Å². The zero-order valence-electron chi connectivity index (χ0n) is 12.7. The molecule has 1 aromatic carbocycles. The van der Waals surface area contributed by atoms with Crippen LogP contribution in [0.15, 0.2) is 24.3 Å². The Morgan fingerprint density at radius 2 is 1.84 bits per heavy atom. The Labute approximate surface area is 120 Å². The summed E-state index contributed by atoms with van der Waals surface area (Å²) in [5.41, 5.74) is 3.55. The van der Waals surface area contributed by atoms with E-state index in [1.54, 1.807) is 0 Å². The average Bonchev–Trinajstić information content (AvgIpc) is 2.39. The van der Waals surface area contributed by atoms with Gasteiger partial charge in [0.25, 0.3) is 0 Å². The highest BCUT2D eigenvalue weighted by Gasteiger charge is 2.26. The van der Waals surface area contributed by atoms with Crippen molar-refractivity contribution in [2.75, 3.05) is 6.61 Å². The molecule has 1 fully saturated rings. The number of ether oxygens (including phenoxy) is 1. The molecule has 1 heterocycles. The van der Waals surface area contributed by atoms with Crippen LogP contribution in [0.2, 0.25) is 5.04 Å². The molecule has 1 saturated heterocycles. The maximum atomic E-state index is 5.95. The van der Waals surface area contributed by atoms with Gasteiger partial charge in [0.1, 0.15) is 0 Å². The second kappa shape index (κ2) is 6.71. The molecule has 0 saturated carbocycles. The third-order valence-electron chi connectivity index (χ3n) is 4.17. The predicted molar refractivity (Wildman–Crippen MR) is 85.7 cm³/mol. The molecular formula is C17H28OSi. The van der Waals surface area contributed by atoms with E-state index in [0.717, 1.165) is 13.0 Å². The van der Waals surface area contributed by atoms with Crippen molar-refractivity contribution in [2.24, 2.45) is 0 Å². The van der Waals surface area contributed by atoms with Gasteiger partial charge < -0.3 is 4.74 Å². The Hall–Kier alpha value is -0.603. The van der Waals surface area contributed by atoms with Gasteiger partial charge in [-0.15, -0.1) is 0 Å². The minimum absolute atomic E-state index is 0.187. The molecule has 1 aliphatic rings. The molecule has 106 valence electrons. The number of rotatable bonds is 5. The van der Waals surface area contributed by atoms with Crippen LogP contribution in [0.25, 0.3) is 0 Å². The third-order valence-corrected chi connectivity index (χ3v) is 6.62. The van der Waals surface area contributed by atoms with E-state index in [1.165, 1.54) is 36.8 Å². The highest BCUT2D eigenvalue weighted by atomic mass is 28.2. The van der Waals surface area contributed by atoms with E-state index in [-0.39, 0.29) is 9.52 Å². The van der Waals surface area contributed by atoms with Gasteiger partial charge in [0.05, 0.1) is 9.52 Å². The maximum absolute atomic E-state index is 5.95. The van der Waals surface area contributed by atoms with E-state index in [0.29, 0.717) is 10.8 Å². The SMILES string of the molecule is CCc1ccc(CC(C)(C)[SiH2]C2CCCCO2)cc1. The molecule has 0 spiro atoms. The van der Waals surface area contributed by atoms with E-state index in [2.05, 4.69) is 45.0 Å². The molecule has 1 aliphatic heterocycles. The second-order valence-electron chi connectivity index (χ2n) is 6.70. The molecule has 1 aromatic rings. The lowest BCUT2D eigenvalue weighted by atomic mass is 10.0. The summed E-state index contributed by atoms with van der Waals surface area (Å²) in [6.07, 6.45) is 6.30. The molecule has 1 atom stereocenters. The topological polar surface area (TPSA) is 9.23 Å². The molecule has 2 heteroatoms. The molecule has 0 aromatic heterocycles. The Balaban J connectivity index is 1.91. The van der Waals surface area contributed by atoms with Crippen molar-refractivity contribution in [1.29, 1.82) is 0 Å². The van der Waals surface area contributed by atoms with Crippen LogP contribution in [0.1, 0.15) is 51.2 Å². The van der Waals surface area contributed by atoms with Gasteiger partial charge in [-0.1, -0.05) is 45.0 Å². The van der Waals surface area contributed by atoms with Gasteiger partial charge in [-0.3, -0.25) is 0 Å². The molecule has 0 N–H and O–H groups in total. The first-order valence-corrected chi connectivity index (χ1v) is 9.31. The van der Waals surface area contributed by atoms with Crippen LogP contribution in [0.5, 0.6) is 0 Å². The summed E-state index contributed by atoms with van der Waals surface area (Å²) in [6, 6.07) is 9.20. The molecule has 1 nitrogen and oxygen atoms in total. The van der Waals surface area contributed by atoms with Crippen molar-refractivity contribution in [3.63, 3.8) is 0 Å². The molecule has 0 aliphatic carbocycles. The van der Waals surface area contributed by atoms with Gasteiger partial charge in [0, 0.05) is 12.3 Å². The van der Waals surface area contributed by atoms with Gasteiger partial charge in [0.2, 0.25) is 0 Å². The van der Waals surface area contributed by atoms with Crippen molar-refractivity contribution in [3.8, 4) is 0 Å². The van der Waals surface area contributed by atoms with Crippen molar-refractivity contribution in [2.45, 2.75) is 63.6 Å². The lowest BCUT2D eigenvalue weighted by molar-refractivity contribution is 0.0633. The van der Waals surface area contributed by atoms with Crippen LogP contribution in [-0.4, -0.2) is 21.9 Å². The minimum atomic E-state index is -0.187. The average molecular weight is 276 g/mol. The monoisotopic (exact) mass is 276 g/mol. The fourth-order valence-electron chi connectivity index (χ4n) is 3.10. The van der Waals surface area contributed by atoms with E-state index in [4.69, 9.17) is 4.74 Å². The summed E-state index contributed by atoms with van der Waals surface area (Å²) in [5, 5.41) is 0.468. The first-order valence-electron chi connectivity index (χ1n) is 7.78. The quantitative estimate of drug-likeness (QED) is 0.745. The number of hydrogen-bond acceptors (Lipinski definition) is 1. The van der Waals surface area contributed by atoms with E-state index in [1.807, 2.05) is 0 Å². The zero-order valence-corrected chi connectivity index (χ0v) is 14.2. The van der Waals surface area contributed by atoms with Crippen molar-refractivity contribution < 1.29 is 4.74 Å². The van der Waals surface area contributed by atoms with Gasteiger partial charge in [-0.2, -0.15) is 0 Å². The van der Waals surface area contributed by atoms with Crippen molar-refractivity contribution >= 4 is 9.52 Å². The molecular weight excluding hydrogens is 248 g/mol. The van der Waals surface area contributed by atoms with E-state index in [9.17, 15) is 0 Å². The molecule has 0 amide bonds. The predicted octanol–water partition coefficient (Wildman–Crippen LogP) is 3.69. The first kappa shape index (κ1) is 14.8. The van der Waals surface area contributed by atoms with Crippen LogP contribution in [0.3, 0.4) is 0 Å². The number of benzene rings is 1. The summed E-state index contributed by atoms with van der Waals surface area (Å²) in [4.78, 5) is 0. The van der Waals surface area contributed by atoms with Crippen LogP contribution in [-0.2, 0) is 17.6 Å². The van der Waals surface area contributed by atoms with Gasteiger partial charge in [-0.25, -0.2) is 0 Å². The van der Waals surface area contributed by atoms with E-state index >= 15 is 0 Å². The molecule has 1 unspecified atom stereocenters. The smallest absolute Gasteiger partial charge is 0.0619 e. The molecule has 0 radical (unpaired) electrons. The first-order chi connectivity index (χ1) is 9.09. The Morgan fingerprint density at radius 3 is 2.42 bits per heavy atom. The molecule has 19 heavy (non-hydrogen) atoms. The number of hydrogen-bond donors (Lipinski definition) is 0. The van der Waals surface area contributed by atoms with Gasteiger partial charge >= 0.3 is 0 Å². The maximum Gasteiger partial charge on any atom is 0.0619 e. The highest BCUT2D eigenvalue weighted by Crippen LogP contribution is 2.31. The second-order valence-corrected chi connectivity index (χ2v) is 9.94. The van der Waals surface area contributed by atoms with Crippen LogP contribution in [0.4, 0.5) is 0 Å². The lowest BCUT2D eigenvalue weighted by Gasteiger charge is -2.31. The Kier molecular flexibility index (Phi) is 5.23. The zero-order chi connectivity index (χ0) is 13.7. The summed E-state index contributed by atoms with van der Waals surface area (Å²) in [5.74, 6) is 0. The van der Waals surface area contributed by atoms with Crippen LogP contribution < -0.4 is 0 Å². The largest absolute Gasteiger partial charge is 0.382 e. The van der Waals surface area contributed by atoms with Crippen molar-refractivity contribution in [1.82, 2.24) is 0 Å². The normalized spacial score (nSPS) is 21.1. The summed E-state index contributed by atoms with van der Waals surface area (Å²) in [6.45, 7) is 8.08. The highest BCUT2D eigenvalue weighted by molar-refractivity contribution is 6.41. The summed E-state index contributed by atoms with van der Waals surface area (Å²) >= 11 is 0. The van der Waals surface area contributed by atoms with Crippen LogP contribution in [0, 0.1) is 0 Å².